The van der Waals surface area contributed by atoms with E-state index >= 15 is 0 Å². The van der Waals surface area contributed by atoms with Crippen LogP contribution in [-0.4, -0.2) is 260 Å². The van der Waals surface area contributed by atoms with Crippen molar-refractivity contribution in [3.8, 4) is 0 Å². The van der Waals surface area contributed by atoms with E-state index in [1.54, 1.807) is 0 Å². The van der Waals surface area contributed by atoms with Gasteiger partial charge in [0.15, 0.2) is 0 Å². The van der Waals surface area contributed by atoms with Gasteiger partial charge in [-0.2, -0.15) is 0 Å². The summed E-state index contributed by atoms with van der Waals surface area (Å²) in [7, 11) is 0. The van der Waals surface area contributed by atoms with Crippen molar-refractivity contribution in [1.82, 2.24) is 0 Å². The van der Waals surface area contributed by atoms with Crippen molar-refractivity contribution < 1.29 is 95.8 Å². The molecule has 0 aromatic heterocycles. The van der Waals surface area contributed by atoms with Gasteiger partial charge in [0.1, 0.15) is 0 Å². The molecule has 0 aliphatic rings. The zero-order valence-electron chi connectivity index (χ0n) is 82.3. The van der Waals surface area contributed by atoms with E-state index in [1.165, 1.54) is 161 Å². The molecule has 0 saturated heterocycles. The van der Waals surface area contributed by atoms with Gasteiger partial charge in [0.2, 0.25) is 0 Å². The molecule has 120 heavy (non-hydrogen) atoms. The molecule has 0 bridgehead atoms. The summed E-state index contributed by atoms with van der Waals surface area (Å²) >= 11 is 0. The molecule has 0 spiro atoms. The Labute approximate surface area is 745 Å². The highest BCUT2D eigenvalue weighted by Gasteiger charge is 2.14. The highest BCUT2D eigenvalue weighted by atomic mass is 16.6. The lowest BCUT2D eigenvalue weighted by atomic mass is 9.90. The Bertz CT molecular complexity index is 1740. The summed E-state index contributed by atoms with van der Waals surface area (Å²) in [6.45, 7) is 65.3. The molecular weight excluding hydrogens is 1520 g/mol. The Morgan fingerprint density at radius 1 is 0.167 bits per heavy atom. The van der Waals surface area contributed by atoms with Gasteiger partial charge in [0.05, 0.1) is 198 Å². The number of aliphatic hydroxyl groups excluding tert-OH is 3. The van der Waals surface area contributed by atoms with Gasteiger partial charge in [0, 0.05) is 46.2 Å². The Morgan fingerprint density at radius 3 is 0.750 bits per heavy atom. The number of aliphatic hydroxyl groups is 3. The molecular formula is C100H212O20. The molecule has 0 saturated carbocycles. The summed E-state index contributed by atoms with van der Waals surface area (Å²) in [6.07, 6.45) is 40.4. The summed E-state index contributed by atoms with van der Waals surface area (Å²) in [4.78, 5) is 0. The monoisotopic (exact) mass is 1730 g/mol. The standard InChI is InChI=1S/C24H50O5.2C23H48O6.C15H32O2.C14H30O.CH4/c1-6-11-25-13-15-27-17-19-29-20-18-28-16-14-26-12-10-24(5)21-23(4)9-7-8-22(2)3;1-21(2)20-23(4)7-5-6-22(3)8-10-25-12-14-27-16-18-29-19-17-28-15-13-26-11-9-24;1-4-23(21-22(2)3)9-7-5-6-8-11-25-13-15-27-17-19-29-20-18-28-16-14-26-12-10-24;1-13(2)6-5-7-14(3)12-15(4)8-10-17-11-9-16;1-4-7-8-10-14(9-5-2)11-13-15-12-6-3;/h22-24H,6-21H2,1-5H3;21-24H,5-20H2,1-4H3;22-24H,4-21H2,1-3H3;13-16H,5-12H2,1-4H3;14H,4-13H2,1-3H3;1H4. The van der Waals surface area contributed by atoms with Gasteiger partial charge < -0.3 is 95.8 Å². The first-order chi connectivity index (χ1) is 57.7. The van der Waals surface area contributed by atoms with Gasteiger partial charge in [-0.05, 0) is 142 Å². The van der Waals surface area contributed by atoms with Gasteiger partial charge >= 0.3 is 0 Å². The van der Waals surface area contributed by atoms with Crippen molar-refractivity contribution in [2.45, 2.75) is 338 Å². The molecule has 0 aromatic carbocycles. The minimum absolute atomic E-state index is 0. The molecule has 8 unspecified atom stereocenters. The molecule has 0 rings (SSSR count). The lowest BCUT2D eigenvalue weighted by Crippen LogP contribution is -2.14. The maximum atomic E-state index is 8.59. The largest absolute Gasteiger partial charge is 0.394 e. The molecule has 0 aliphatic carbocycles. The molecule has 0 fully saturated rings. The lowest BCUT2D eigenvalue weighted by molar-refractivity contribution is -0.0138. The first-order valence-electron chi connectivity index (χ1n) is 49.4. The fraction of sp³-hybridized carbons (Fsp3) is 1.00. The maximum absolute atomic E-state index is 8.59. The van der Waals surface area contributed by atoms with E-state index < -0.39 is 0 Å². The summed E-state index contributed by atoms with van der Waals surface area (Å²) in [5, 5.41) is 25.7. The van der Waals surface area contributed by atoms with E-state index in [1.807, 2.05) is 0 Å². The minimum atomic E-state index is 0. The van der Waals surface area contributed by atoms with Gasteiger partial charge in [-0.25, -0.2) is 0 Å². The number of hydrogen-bond acceptors (Lipinski definition) is 20. The first-order valence-corrected chi connectivity index (χ1v) is 49.4. The number of rotatable bonds is 92. The van der Waals surface area contributed by atoms with Crippen molar-refractivity contribution in [2.75, 3.05) is 244 Å². The van der Waals surface area contributed by atoms with Crippen LogP contribution in [0.4, 0.5) is 0 Å². The normalized spacial score (nSPS) is 13.6. The van der Waals surface area contributed by atoms with Crippen LogP contribution in [0.25, 0.3) is 0 Å². The molecule has 20 nitrogen and oxygen atoms in total. The third-order valence-corrected chi connectivity index (χ3v) is 20.6. The summed E-state index contributed by atoms with van der Waals surface area (Å²) in [6, 6.07) is 0. The molecule has 0 heterocycles. The number of ether oxygens (including phenoxy) is 17. The first kappa shape index (κ1) is 130. The minimum Gasteiger partial charge on any atom is -0.394 e. The van der Waals surface area contributed by atoms with Gasteiger partial charge in [-0.15, -0.1) is 0 Å². The van der Waals surface area contributed by atoms with E-state index in [0.717, 1.165) is 156 Å². The highest BCUT2D eigenvalue weighted by molar-refractivity contribution is 4.66. The molecule has 20 heteroatoms. The van der Waals surface area contributed by atoms with Crippen molar-refractivity contribution in [3.05, 3.63) is 0 Å². The van der Waals surface area contributed by atoms with Crippen LogP contribution in [-0.2, 0) is 80.5 Å². The second kappa shape index (κ2) is 112. The fourth-order valence-corrected chi connectivity index (χ4v) is 13.9. The number of unbranched alkanes of at least 4 members (excludes halogenated alkanes) is 5. The smallest absolute Gasteiger partial charge is 0.0701 e. The predicted molar refractivity (Wildman–Crippen MR) is 505 cm³/mol. The van der Waals surface area contributed by atoms with Gasteiger partial charge in [-0.3, -0.25) is 0 Å². The number of hydrogen-bond donors (Lipinski definition) is 3. The summed E-state index contributed by atoms with van der Waals surface area (Å²) in [5.41, 5.74) is 0. The lowest BCUT2D eigenvalue weighted by Gasteiger charge is -2.17. The molecule has 0 amide bonds. The third kappa shape index (κ3) is 123. The van der Waals surface area contributed by atoms with Crippen LogP contribution in [0.3, 0.4) is 0 Å². The predicted octanol–water partition coefficient (Wildman–Crippen LogP) is 22.7. The van der Waals surface area contributed by atoms with E-state index in [0.29, 0.717) is 178 Å². The Kier molecular flexibility index (Phi) is 122. The van der Waals surface area contributed by atoms with Crippen molar-refractivity contribution in [1.29, 1.82) is 0 Å². The van der Waals surface area contributed by atoms with E-state index in [4.69, 9.17) is 95.8 Å². The topological polar surface area (TPSA) is 218 Å². The molecule has 0 radical (unpaired) electrons. The van der Waals surface area contributed by atoms with Crippen molar-refractivity contribution in [2.24, 2.45) is 71.0 Å². The van der Waals surface area contributed by atoms with Crippen molar-refractivity contribution in [3.63, 3.8) is 0 Å². The van der Waals surface area contributed by atoms with E-state index in [2.05, 4.69) is 132 Å². The average Bonchev–Trinajstić information content (AvgIpc) is 1.04. The Hall–Kier alpha value is -0.800. The molecule has 8 atom stereocenters. The molecule has 0 aromatic rings. The van der Waals surface area contributed by atoms with Crippen LogP contribution in [0.2, 0.25) is 0 Å². The van der Waals surface area contributed by atoms with Crippen LogP contribution < -0.4 is 0 Å². The molecule has 732 valence electrons. The van der Waals surface area contributed by atoms with Crippen molar-refractivity contribution >= 4 is 0 Å². The second-order valence-corrected chi connectivity index (χ2v) is 35.3. The summed E-state index contributed by atoms with van der Waals surface area (Å²) in [5.74, 6) is 9.86. The average molecular weight is 1730 g/mol. The van der Waals surface area contributed by atoms with Gasteiger partial charge in [0.25, 0.3) is 0 Å². The second-order valence-electron chi connectivity index (χ2n) is 35.3. The highest BCUT2D eigenvalue weighted by Crippen LogP contribution is 2.26. The van der Waals surface area contributed by atoms with Crippen LogP contribution >= 0.6 is 0 Å². The van der Waals surface area contributed by atoms with Crippen LogP contribution in [0.1, 0.15) is 338 Å². The Balaban J connectivity index is -0.000000345. The zero-order valence-corrected chi connectivity index (χ0v) is 82.3. The quantitative estimate of drug-likeness (QED) is 0.0482. The van der Waals surface area contributed by atoms with Crippen LogP contribution in [0.5, 0.6) is 0 Å². The van der Waals surface area contributed by atoms with Gasteiger partial charge in [-0.1, -0.05) is 267 Å². The van der Waals surface area contributed by atoms with E-state index in [-0.39, 0.29) is 27.2 Å². The van der Waals surface area contributed by atoms with Crippen LogP contribution in [0, 0.1) is 71.0 Å². The van der Waals surface area contributed by atoms with E-state index in [9.17, 15) is 0 Å². The third-order valence-electron chi connectivity index (χ3n) is 20.6. The summed E-state index contributed by atoms with van der Waals surface area (Å²) < 4.78 is 92.3. The fourth-order valence-electron chi connectivity index (χ4n) is 13.9. The molecule has 0 aliphatic heterocycles. The van der Waals surface area contributed by atoms with Crippen LogP contribution in [0.15, 0.2) is 0 Å². The zero-order chi connectivity index (χ0) is 89.0. The Morgan fingerprint density at radius 2 is 0.425 bits per heavy atom. The molecule has 3 N–H and O–H groups in total. The maximum Gasteiger partial charge on any atom is 0.0701 e. The SMILES string of the molecule is C.CC(C)CC(C)CCCC(C)CCOCCOCCOCCOCCOCCO.CC(C)CCCC(C)CC(C)CCOCCO.CCC(CCCCCCOCCOCCOCCOCCOCCO)CC(C)C.CCCCCC(CCC)CCOCCC.CCCOCCOCCOCCOCCOCCC(C)CC(C)CCCC(C)C.